The summed E-state index contributed by atoms with van der Waals surface area (Å²) in [7, 11) is 1.47. The van der Waals surface area contributed by atoms with Gasteiger partial charge in [0.2, 0.25) is 11.8 Å². The van der Waals surface area contributed by atoms with E-state index >= 15 is 0 Å². The molecular weight excluding hydrogens is 321 g/mol. The molecule has 1 N–H and O–H groups in total. The van der Waals surface area contributed by atoms with E-state index in [1.807, 2.05) is 20.8 Å². The Balaban J connectivity index is 2.63. The molecule has 0 heterocycles. The van der Waals surface area contributed by atoms with Gasteiger partial charge in [-0.2, -0.15) is 13.2 Å². The van der Waals surface area contributed by atoms with Crippen LogP contribution in [-0.2, 0) is 15.8 Å². The van der Waals surface area contributed by atoms with Gasteiger partial charge in [0.25, 0.3) is 0 Å². The minimum atomic E-state index is -4.39. The zero-order valence-electron chi connectivity index (χ0n) is 14.1. The van der Waals surface area contributed by atoms with E-state index < -0.39 is 23.2 Å². The summed E-state index contributed by atoms with van der Waals surface area (Å²) in [4.78, 5) is 24.9. The summed E-state index contributed by atoms with van der Waals surface area (Å²) in [6, 6.07) is 4.45. The van der Waals surface area contributed by atoms with Crippen LogP contribution in [0.5, 0.6) is 0 Å². The molecule has 0 spiro atoms. The topological polar surface area (TPSA) is 49.4 Å². The molecule has 7 heteroatoms. The number of nitrogens with one attached hydrogen (secondary N) is 1. The third kappa shape index (κ3) is 6.85. The quantitative estimate of drug-likeness (QED) is 0.855. The molecule has 132 valence electrons. The van der Waals surface area contributed by atoms with Gasteiger partial charge >= 0.3 is 6.18 Å². The second kappa shape index (κ2) is 7.51. The van der Waals surface area contributed by atoms with Gasteiger partial charge in [0.1, 0.15) is 0 Å². The van der Waals surface area contributed by atoms with E-state index in [1.165, 1.54) is 36.2 Å². The van der Waals surface area contributed by atoms with Crippen molar-refractivity contribution in [3.05, 3.63) is 41.5 Å². The number of carbonyl (C=O) groups is 2. The lowest BCUT2D eigenvalue weighted by Gasteiger charge is -2.22. The lowest BCUT2D eigenvalue weighted by molar-refractivity contribution is -0.137. The van der Waals surface area contributed by atoms with E-state index in [2.05, 4.69) is 5.32 Å². The van der Waals surface area contributed by atoms with Crippen LogP contribution in [0.3, 0.4) is 0 Å². The van der Waals surface area contributed by atoms with E-state index in [0.29, 0.717) is 5.56 Å². The first-order valence-corrected chi connectivity index (χ1v) is 7.30. The van der Waals surface area contributed by atoms with Crippen molar-refractivity contribution in [1.29, 1.82) is 0 Å². The zero-order chi connectivity index (χ0) is 18.5. The Morgan fingerprint density at radius 2 is 1.67 bits per heavy atom. The largest absolute Gasteiger partial charge is 0.416 e. The van der Waals surface area contributed by atoms with E-state index in [-0.39, 0.29) is 12.5 Å². The molecule has 1 aromatic carbocycles. The van der Waals surface area contributed by atoms with Gasteiger partial charge in [-0.3, -0.25) is 9.59 Å². The van der Waals surface area contributed by atoms with Gasteiger partial charge in [0, 0.05) is 18.7 Å². The SMILES string of the molecule is CN(CC(=O)NC(C)(C)C)C(=O)/C=C/c1ccc(C(F)(F)F)cc1. The molecule has 4 nitrogen and oxygen atoms in total. The smallest absolute Gasteiger partial charge is 0.350 e. The summed E-state index contributed by atoms with van der Waals surface area (Å²) in [6.45, 7) is 5.39. The summed E-state index contributed by atoms with van der Waals surface area (Å²) < 4.78 is 37.4. The van der Waals surface area contributed by atoms with Crippen LogP contribution in [0.1, 0.15) is 31.9 Å². The number of carbonyl (C=O) groups excluding carboxylic acids is 2. The van der Waals surface area contributed by atoms with Gasteiger partial charge in [-0.15, -0.1) is 0 Å². The van der Waals surface area contributed by atoms with Crippen molar-refractivity contribution in [3.8, 4) is 0 Å². The number of rotatable bonds is 4. The fraction of sp³-hybridized carbons (Fsp3) is 0.412. The van der Waals surface area contributed by atoms with Crippen molar-refractivity contribution in [3.63, 3.8) is 0 Å². The van der Waals surface area contributed by atoms with Crippen molar-refractivity contribution >= 4 is 17.9 Å². The Labute approximate surface area is 139 Å². The summed E-state index contributed by atoms with van der Waals surface area (Å²) in [5, 5.41) is 2.74. The van der Waals surface area contributed by atoms with Crippen molar-refractivity contribution < 1.29 is 22.8 Å². The first-order chi connectivity index (χ1) is 10.9. The van der Waals surface area contributed by atoms with Crippen LogP contribution in [0.4, 0.5) is 13.2 Å². The van der Waals surface area contributed by atoms with E-state index in [9.17, 15) is 22.8 Å². The van der Waals surface area contributed by atoms with Crippen LogP contribution in [0.2, 0.25) is 0 Å². The van der Waals surface area contributed by atoms with E-state index in [4.69, 9.17) is 0 Å². The molecule has 1 rings (SSSR count). The van der Waals surface area contributed by atoms with Crippen molar-refractivity contribution in [1.82, 2.24) is 10.2 Å². The van der Waals surface area contributed by atoms with Crippen LogP contribution < -0.4 is 5.32 Å². The van der Waals surface area contributed by atoms with Crippen LogP contribution in [0.15, 0.2) is 30.3 Å². The number of hydrogen-bond donors (Lipinski definition) is 1. The molecule has 0 fully saturated rings. The Bertz CT molecular complexity index is 614. The highest BCUT2D eigenvalue weighted by Gasteiger charge is 2.29. The summed E-state index contributed by atoms with van der Waals surface area (Å²) >= 11 is 0. The van der Waals surface area contributed by atoms with E-state index in [0.717, 1.165) is 12.1 Å². The Hall–Kier alpha value is -2.31. The van der Waals surface area contributed by atoms with Gasteiger partial charge in [-0.1, -0.05) is 12.1 Å². The average Bonchev–Trinajstić information content (AvgIpc) is 2.42. The lowest BCUT2D eigenvalue weighted by atomic mass is 10.1. The lowest BCUT2D eigenvalue weighted by Crippen LogP contribution is -2.46. The van der Waals surface area contributed by atoms with Crippen LogP contribution in [0, 0.1) is 0 Å². The number of alkyl halides is 3. The highest BCUT2D eigenvalue weighted by atomic mass is 19.4. The number of hydrogen-bond acceptors (Lipinski definition) is 2. The van der Waals surface area contributed by atoms with Crippen molar-refractivity contribution in [2.45, 2.75) is 32.5 Å². The molecule has 0 aliphatic heterocycles. The predicted molar refractivity (Wildman–Crippen MR) is 86.0 cm³/mol. The molecule has 0 aromatic heterocycles. The molecule has 0 radical (unpaired) electrons. The van der Waals surface area contributed by atoms with Gasteiger partial charge in [-0.25, -0.2) is 0 Å². The standard InChI is InChI=1S/C17H21F3N2O2/c1-16(2,3)21-14(23)11-22(4)15(24)10-7-12-5-8-13(9-6-12)17(18,19)20/h5-10H,11H2,1-4H3,(H,21,23)/b10-7+. The molecule has 2 amide bonds. The number of likely N-dealkylation sites (N-methyl/N-ethyl adjacent to an activating group) is 1. The predicted octanol–water partition coefficient (Wildman–Crippen LogP) is 3.09. The second-order valence-electron chi connectivity index (χ2n) is 6.45. The summed E-state index contributed by atoms with van der Waals surface area (Å²) in [6.07, 6.45) is -1.77. The molecule has 24 heavy (non-hydrogen) atoms. The van der Waals surface area contributed by atoms with Crippen molar-refractivity contribution in [2.75, 3.05) is 13.6 Å². The average molecular weight is 342 g/mol. The fourth-order valence-electron chi connectivity index (χ4n) is 1.83. The maximum absolute atomic E-state index is 12.5. The number of benzene rings is 1. The normalized spacial score (nSPS) is 12.3. The molecule has 0 aliphatic rings. The summed E-state index contributed by atoms with van der Waals surface area (Å²) in [5.41, 5.74) is -0.678. The Morgan fingerprint density at radius 3 is 2.12 bits per heavy atom. The second-order valence-corrected chi connectivity index (χ2v) is 6.45. The van der Waals surface area contributed by atoms with Gasteiger partial charge in [-0.05, 0) is 44.5 Å². The van der Waals surface area contributed by atoms with Crippen LogP contribution in [-0.4, -0.2) is 35.8 Å². The third-order valence-electron chi connectivity index (χ3n) is 2.93. The molecule has 0 atom stereocenters. The zero-order valence-corrected chi connectivity index (χ0v) is 14.1. The number of halogens is 3. The first-order valence-electron chi connectivity index (χ1n) is 7.30. The molecule has 0 aliphatic carbocycles. The third-order valence-corrected chi connectivity index (χ3v) is 2.93. The van der Waals surface area contributed by atoms with Gasteiger partial charge in [0.05, 0.1) is 12.1 Å². The molecule has 0 unspecified atom stereocenters. The molecular formula is C17H21F3N2O2. The van der Waals surface area contributed by atoms with Crippen molar-refractivity contribution in [2.24, 2.45) is 0 Å². The first kappa shape index (κ1) is 19.7. The molecule has 0 bridgehead atoms. The number of nitrogens with zero attached hydrogens (tertiary/aromatic N) is 1. The molecule has 0 saturated heterocycles. The minimum absolute atomic E-state index is 0.104. The van der Waals surface area contributed by atoms with Gasteiger partial charge in [0.15, 0.2) is 0 Å². The Kier molecular flexibility index (Phi) is 6.17. The maximum Gasteiger partial charge on any atom is 0.416 e. The monoisotopic (exact) mass is 342 g/mol. The summed E-state index contributed by atoms with van der Waals surface area (Å²) in [5.74, 6) is -0.708. The van der Waals surface area contributed by atoms with Gasteiger partial charge < -0.3 is 10.2 Å². The number of amides is 2. The molecule has 1 aromatic rings. The van der Waals surface area contributed by atoms with E-state index in [1.54, 1.807) is 0 Å². The van der Waals surface area contributed by atoms with Crippen LogP contribution in [0.25, 0.3) is 6.08 Å². The highest BCUT2D eigenvalue weighted by Crippen LogP contribution is 2.29. The Morgan fingerprint density at radius 1 is 1.12 bits per heavy atom. The highest BCUT2D eigenvalue weighted by molar-refractivity contribution is 5.94. The van der Waals surface area contributed by atoms with Crippen LogP contribution >= 0.6 is 0 Å². The molecule has 0 saturated carbocycles. The maximum atomic E-state index is 12.5. The minimum Gasteiger partial charge on any atom is -0.350 e. The fourth-order valence-corrected chi connectivity index (χ4v) is 1.83.